The predicted octanol–water partition coefficient (Wildman–Crippen LogP) is 16.2. The molecule has 7 aromatic carbocycles. The summed E-state index contributed by atoms with van der Waals surface area (Å²) in [4.78, 5) is 1.48. The molecule has 2 aliphatic rings. The maximum Gasteiger partial charge on any atom is 0.0434 e. The highest BCUT2D eigenvalue weighted by Gasteiger charge is 2.23. The van der Waals surface area contributed by atoms with Crippen molar-refractivity contribution in [3.63, 3.8) is 0 Å². The van der Waals surface area contributed by atoms with E-state index in [1.165, 1.54) is 107 Å². The third kappa shape index (κ3) is 5.72. The zero-order chi connectivity index (χ0) is 37.0. The fraction of sp³-hybridized carbons (Fsp3) is 0.0741. The molecule has 0 N–H and O–H groups in total. The monoisotopic (exact) mass is 750 g/mol. The minimum Gasteiger partial charge on any atom is -0.134 e. The van der Waals surface area contributed by atoms with Crippen LogP contribution in [0.5, 0.6) is 0 Å². The normalized spacial score (nSPS) is 13.9. The second-order valence-electron chi connectivity index (χ2n) is 15.0. The Bertz CT molecular complexity index is 3050. The molecule has 2 aliphatic carbocycles. The average molecular weight is 751 g/mol. The van der Waals surface area contributed by atoms with Crippen molar-refractivity contribution >= 4 is 58.5 Å². The van der Waals surface area contributed by atoms with Crippen LogP contribution < -0.4 is 0 Å². The first-order chi connectivity index (χ1) is 27.8. The Labute approximate surface area is 336 Å². The summed E-state index contributed by atoms with van der Waals surface area (Å²) in [5.74, 6) is 0. The van der Waals surface area contributed by atoms with E-state index >= 15 is 0 Å². The molecule has 0 aliphatic heterocycles. The van der Waals surface area contributed by atoms with Crippen molar-refractivity contribution in [2.45, 2.75) is 25.7 Å². The molecule has 2 aromatic heterocycles. The van der Waals surface area contributed by atoms with Crippen molar-refractivity contribution in [1.82, 2.24) is 0 Å². The molecule has 0 saturated carbocycles. The van der Waals surface area contributed by atoms with Crippen molar-refractivity contribution in [3.8, 4) is 55.6 Å². The number of fused-ring (bicyclic) bond motifs is 6. The van der Waals surface area contributed by atoms with Crippen LogP contribution in [0.4, 0.5) is 0 Å². The number of allylic oxidation sites excluding steroid dienone is 6. The highest BCUT2D eigenvalue weighted by molar-refractivity contribution is 7.27. The Hall–Kier alpha value is -6.06. The molecule has 9 aromatic rings. The van der Waals surface area contributed by atoms with Crippen molar-refractivity contribution < 1.29 is 0 Å². The SMILES string of the molecule is C1=CCCC(C2=CCCc3c2sc2c(-c4cccc(-c5ccc(-c6cccc(-c7cccc8c7sc7c(-c9ccccc9)cccc78)c6)cc5)c4)cccc32)=C1. The summed E-state index contributed by atoms with van der Waals surface area (Å²) in [6, 6.07) is 58.5. The molecule has 0 unspecified atom stereocenters. The molecule has 0 bridgehead atoms. The molecule has 2 heteroatoms. The first-order valence-corrected chi connectivity index (χ1v) is 21.3. The fourth-order valence-corrected chi connectivity index (χ4v) is 11.7. The Balaban J connectivity index is 0.911. The van der Waals surface area contributed by atoms with Gasteiger partial charge in [0.25, 0.3) is 0 Å². The van der Waals surface area contributed by atoms with E-state index in [1.54, 1.807) is 0 Å². The van der Waals surface area contributed by atoms with E-state index in [1.807, 2.05) is 22.7 Å². The van der Waals surface area contributed by atoms with Gasteiger partial charge in [0.05, 0.1) is 0 Å². The third-order valence-corrected chi connectivity index (χ3v) is 14.3. The number of thiophene rings is 2. The van der Waals surface area contributed by atoms with Gasteiger partial charge in [-0.05, 0) is 116 Å². The second kappa shape index (κ2) is 13.9. The molecule has 0 nitrogen and oxygen atoms in total. The lowest BCUT2D eigenvalue weighted by molar-refractivity contribution is 0.965. The van der Waals surface area contributed by atoms with Gasteiger partial charge in [-0.2, -0.15) is 0 Å². The van der Waals surface area contributed by atoms with E-state index < -0.39 is 0 Å². The van der Waals surface area contributed by atoms with Gasteiger partial charge in [0.1, 0.15) is 0 Å². The minimum atomic E-state index is 1.12. The van der Waals surface area contributed by atoms with Gasteiger partial charge in [-0.1, -0.05) is 170 Å². The molecule has 0 radical (unpaired) electrons. The fourth-order valence-electron chi connectivity index (χ4n) is 8.90. The number of hydrogen-bond donors (Lipinski definition) is 0. The van der Waals surface area contributed by atoms with Gasteiger partial charge >= 0.3 is 0 Å². The van der Waals surface area contributed by atoms with Gasteiger partial charge in [-0.3, -0.25) is 0 Å². The summed E-state index contributed by atoms with van der Waals surface area (Å²) in [5.41, 5.74) is 17.1. The van der Waals surface area contributed by atoms with Crippen LogP contribution in [0.25, 0.3) is 91.5 Å². The number of rotatable bonds is 6. The van der Waals surface area contributed by atoms with Crippen molar-refractivity contribution in [3.05, 3.63) is 198 Å². The smallest absolute Gasteiger partial charge is 0.0434 e. The molecular weight excluding hydrogens is 713 g/mol. The summed E-state index contributed by atoms with van der Waals surface area (Å²) >= 11 is 3.90. The van der Waals surface area contributed by atoms with Gasteiger partial charge in [0.2, 0.25) is 0 Å². The maximum atomic E-state index is 2.48. The lowest BCUT2D eigenvalue weighted by Crippen LogP contribution is -1.99. The van der Waals surface area contributed by atoms with Crippen LogP contribution in [0.2, 0.25) is 0 Å². The average Bonchev–Trinajstić information content (AvgIpc) is 3.86. The molecule has 0 amide bonds. The van der Waals surface area contributed by atoms with E-state index in [-0.39, 0.29) is 0 Å². The number of aryl methyl sites for hydroxylation is 1. The van der Waals surface area contributed by atoms with Crippen LogP contribution in [0.3, 0.4) is 0 Å². The van der Waals surface area contributed by atoms with Crippen LogP contribution in [0.15, 0.2) is 188 Å². The van der Waals surface area contributed by atoms with Crippen LogP contribution in [-0.4, -0.2) is 0 Å². The Morgan fingerprint density at radius 2 is 0.929 bits per heavy atom. The van der Waals surface area contributed by atoms with Crippen LogP contribution in [0, 0.1) is 0 Å². The summed E-state index contributed by atoms with van der Waals surface area (Å²) in [6.07, 6.45) is 13.8. The largest absolute Gasteiger partial charge is 0.134 e. The zero-order valence-corrected chi connectivity index (χ0v) is 32.6. The standard InChI is InChI=1S/C54H38S2/c1-3-13-37(14-4-1)43-21-9-25-47-49-27-11-23-45(53(49)55-51(43)47)41-19-7-17-39(33-41)35-29-31-36(32-30-35)40-18-8-20-42(34-40)46-24-12-28-50-48-26-10-22-44(52(48)56-54(46)50)38-15-5-2-6-16-38/h1-5,7-9,11-15,17-25,27-34H,6,10,16,26H2. The maximum absolute atomic E-state index is 2.48. The molecule has 0 atom stereocenters. The molecule has 0 saturated heterocycles. The van der Waals surface area contributed by atoms with E-state index in [2.05, 4.69) is 182 Å². The topological polar surface area (TPSA) is 0 Å². The first-order valence-electron chi connectivity index (χ1n) is 19.7. The zero-order valence-electron chi connectivity index (χ0n) is 31.0. The van der Waals surface area contributed by atoms with Gasteiger partial charge < -0.3 is 0 Å². The lowest BCUT2D eigenvalue weighted by Gasteiger charge is -2.18. The first kappa shape index (κ1) is 33.3. The Morgan fingerprint density at radius 1 is 0.393 bits per heavy atom. The van der Waals surface area contributed by atoms with Crippen molar-refractivity contribution in [2.75, 3.05) is 0 Å². The molecule has 266 valence electrons. The second-order valence-corrected chi connectivity index (χ2v) is 17.0. The number of benzene rings is 7. The van der Waals surface area contributed by atoms with Gasteiger partial charge in [0, 0.05) is 29.7 Å². The molecule has 0 fully saturated rings. The summed E-state index contributed by atoms with van der Waals surface area (Å²) in [6.45, 7) is 0. The van der Waals surface area contributed by atoms with Gasteiger partial charge in [0.15, 0.2) is 0 Å². The third-order valence-electron chi connectivity index (χ3n) is 11.7. The molecule has 11 rings (SSSR count). The van der Waals surface area contributed by atoms with E-state index in [0.29, 0.717) is 0 Å². The van der Waals surface area contributed by atoms with Crippen LogP contribution >= 0.6 is 22.7 Å². The van der Waals surface area contributed by atoms with E-state index in [4.69, 9.17) is 0 Å². The highest BCUT2D eigenvalue weighted by Crippen LogP contribution is 2.47. The Morgan fingerprint density at radius 3 is 1.54 bits per heavy atom. The van der Waals surface area contributed by atoms with E-state index in [9.17, 15) is 0 Å². The quantitative estimate of drug-likeness (QED) is 0.159. The van der Waals surface area contributed by atoms with Crippen LogP contribution in [-0.2, 0) is 6.42 Å². The van der Waals surface area contributed by atoms with Crippen molar-refractivity contribution in [2.24, 2.45) is 0 Å². The predicted molar refractivity (Wildman–Crippen MR) is 245 cm³/mol. The van der Waals surface area contributed by atoms with Gasteiger partial charge in [-0.15, -0.1) is 22.7 Å². The summed E-state index contributed by atoms with van der Waals surface area (Å²) in [7, 11) is 0. The minimum absolute atomic E-state index is 1.12. The number of hydrogen-bond acceptors (Lipinski definition) is 2. The van der Waals surface area contributed by atoms with Crippen LogP contribution in [0.1, 0.15) is 29.7 Å². The molecular formula is C54H38S2. The lowest BCUT2D eigenvalue weighted by atomic mass is 9.88. The van der Waals surface area contributed by atoms with Crippen molar-refractivity contribution in [1.29, 1.82) is 0 Å². The summed E-state index contributed by atoms with van der Waals surface area (Å²) in [5, 5.41) is 4.08. The van der Waals surface area contributed by atoms with E-state index in [0.717, 1.165) is 25.7 Å². The summed E-state index contributed by atoms with van der Waals surface area (Å²) < 4.78 is 4.10. The molecule has 0 spiro atoms. The highest BCUT2D eigenvalue weighted by atomic mass is 32.1. The Kier molecular flexibility index (Phi) is 8.27. The molecule has 56 heavy (non-hydrogen) atoms. The molecule has 2 heterocycles. The van der Waals surface area contributed by atoms with Gasteiger partial charge in [-0.25, -0.2) is 0 Å².